The summed E-state index contributed by atoms with van der Waals surface area (Å²) in [7, 11) is -0.860. The molecular formula is C21H26BF3N2O2. The molecule has 156 valence electrons. The highest BCUT2D eigenvalue weighted by Crippen LogP contribution is 2.37. The van der Waals surface area contributed by atoms with Gasteiger partial charge in [-0.25, -0.2) is 0 Å². The van der Waals surface area contributed by atoms with Crippen molar-refractivity contribution in [2.75, 3.05) is 11.9 Å². The maximum Gasteiger partial charge on any atom is 0.495 e. The Bertz CT molecular complexity index is 826. The molecule has 1 aliphatic rings. The Hall–Kier alpha value is -2.06. The lowest BCUT2D eigenvalue weighted by molar-refractivity contribution is -0.141. The number of aromatic nitrogens is 1. The zero-order valence-electron chi connectivity index (χ0n) is 17.1. The Labute approximate surface area is 170 Å². The van der Waals surface area contributed by atoms with Gasteiger partial charge in [0.25, 0.3) is 0 Å². The number of pyridine rings is 1. The second-order valence-electron chi connectivity index (χ2n) is 8.25. The molecule has 1 aromatic carbocycles. The number of para-hydroxylation sites is 1. The molecule has 0 radical (unpaired) electrons. The van der Waals surface area contributed by atoms with Gasteiger partial charge in [-0.05, 0) is 69.8 Å². The first kappa shape index (κ1) is 21.6. The molecule has 0 aliphatic carbocycles. The van der Waals surface area contributed by atoms with Gasteiger partial charge in [-0.1, -0.05) is 18.2 Å². The minimum atomic E-state index is -4.52. The van der Waals surface area contributed by atoms with Crippen LogP contribution in [0.1, 0.15) is 45.4 Å². The Morgan fingerprint density at radius 3 is 2.24 bits per heavy atom. The first-order valence-electron chi connectivity index (χ1n) is 9.70. The highest BCUT2D eigenvalue weighted by atomic mass is 19.4. The van der Waals surface area contributed by atoms with Crippen molar-refractivity contribution in [2.24, 2.45) is 0 Å². The van der Waals surface area contributed by atoms with Crippen molar-refractivity contribution in [3.63, 3.8) is 0 Å². The quantitative estimate of drug-likeness (QED) is 0.569. The van der Waals surface area contributed by atoms with Crippen molar-refractivity contribution in [3.8, 4) is 0 Å². The van der Waals surface area contributed by atoms with Gasteiger partial charge in [-0.2, -0.15) is 13.2 Å². The van der Waals surface area contributed by atoms with Crippen molar-refractivity contribution in [1.82, 2.24) is 4.98 Å². The molecule has 29 heavy (non-hydrogen) atoms. The van der Waals surface area contributed by atoms with Crippen molar-refractivity contribution < 1.29 is 22.5 Å². The number of benzene rings is 1. The molecule has 2 aromatic rings. The van der Waals surface area contributed by atoms with Gasteiger partial charge < -0.3 is 14.6 Å². The predicted molar refractivity (Wildman–Crippen MR) is 108 cm³/mol. The molecule has 1 aromatic heterocycles. The second kappa shape index (κ2) is 7.99. The monoisotopic (exact) mass is 406 g/mol. The molecule has 1 aliphatic heterocycles. The van der Waals surface area contributed by atoms with Crippen LogP contribution in [0.3, 0.4) is 0 Å². The van der Waals surface area contributed by atoms with E-state index in [4.69, 9.17) is 9.31 Å². The Morgan fingerprint density at radius 2 is 1.66 bits per heavy atom. The Kier molecular flexibility index (Phi) is 5.97. The standard InChI is InChI=1S/C21H26BF3N2O2/c1-19(2)20(3,4)29-22(28-19)17-13-18(21(23,24)25)27-14-15(17)9-8-12-26-16-10-6-5-7-11-16/h5-7,10-11,13-14,26H,8-9,12H2,1-4H3. The maximum atomic E-state index is 13.2. The van der Waals surface area contributed by atoms with E-state index < -0.39 is 30.2 Å². The third-order valence-corrected chi connectivity index (χ3v) is 5.55. The van der Waals surface area contributed by atoms with Crippen LogP contribution in [0.5, 0.6) is 0 Å². The van der Waals surface area contributed by atoms with Gasteiger partial charge in [0, 0.05) is 18.4 Å². The summed E-state index contributed by atoms with van der Waals surface area (Å²) in [6.45, 7) is 8.20. The van der Waals surface area contributed by atoms with E-state index in [1.54, 1.807) is 0 Å². The van der Waals surface area contributed by atoms with Crippen LogP contribution in [0.4, 0.5) is 18.9 Å². The number of hydrogen-bond donors (Lipinski definition) is 1. The largest absolute Gasteiger partial charge is 0.495 e. The van der Waals surface area contributed by atoms with Crippen LogP contribution < -0.4 is 10.8 Å². The van der Waals surface area contributed by atoms with Crippen LogP contribution in [0.15, 0.2) is 42.6 Å². The van der Waals surface area contributed by atoms with Crippen molar-refractivity contribution in [3.05, 3.63) is 53.9 Å². The summed E-state index contributed by atoms with van der Waals surface area (Å²) in [4.78, 5) is 3.64. The third-order valence-electron chi connectivity index (χ3n) is 5.55. The molecule has 2 heterocycles. The van der Waals surface area contributed by atoms with Gasteiger partial charge in [0.15, 0.2) is 0 Å². The summed E-state index contributed by atoms with van der Waals surface area (Å²) >= 11 is 0. The molecule has 0 saturated carbocycles. The lowest BCUT2D eigenvalue weighted by atomic mass is 9.75. The van der Waals surface area contributed by atoms with Crippen LogP contribution in [-0.2, 0) is 21.9 Å². The van der Waals surface area contributed by atoms with Gasteiger partial charge >= 0.3 is 13.3 Å². The van der Waals surface area contributed by atoms with Gasteiger partial charge in [0.05, 0.1) is 11.2 Å². The van der Waals surface area contributed by atoms with E-state index in [0.29, 0.717) is 24.0 Å². The van der Waals surface area contributed by atoms with Gasteiger partial charge in [0.1, 0.15) is 5.69 Å². The molecule has 1 saturated heterocycles. The first-order chi connectivity index (χ1) is 13.5. The number of halogens is 3. The average molecular weight is 406 g/mol. The van der Waals surface area contributed by atoms with E-state index in [9.17, 15) is 13.2 Å². The predicted octanol–water partition coefficient (Wildman–Crippen LogP) is 4.44. The molecule has 0 unspecified atom stereocenters. The molecule has 0 bridgehead atoms. The summed E-state index contributed by atoms with van der Waals surface area (Å²) < 4.78 is 51.7. The van der Waals surface area contributed by atoms with Gasteiger partial charge in [-0.15, -0.1) is 0 Å². The van der Waals surface area contributed by atoms with Gasteiger partial charge in [0.2, 0.25) is 0 Å². The van der Waals surface area contributed by atoms with Crippen molar-refractivity contribution in [2.45, 2.75) is 57.9 Å². The van der Waals surface area contributed by atoms with E-state index in [2.05, 4.69) is 10.3 Å². The summed E-state index contributed by atoms with van der Waals surface area (Å²) in [6.07, 6.45) is -1.93. The summed E-state index contributed by atoms with van der Waals surface area (Å²) in [5, 5.41) is 3.30. The molecule has 4 nitrogen and oxygen atoms in total. The molecule has 0 spiro atoms. The maximum absolute atomic E-state index is 13.2. The van der Waals surface area contributed by atoms with Crippen molar-refractivity contribution >= 4 is 18.3 Å². The average Bonchev–Trinajstić information content (AvgIpc) is 2.86. The molecule has 0 atom stereocenters. The number of anilines is 1. The first-order valence-corrected chi connectivity index (χ1v) is 9.70. The number of nitrogens with zero attached hydrogens (tertiary/aromatic N) is 1. The zero-order chi connectivity index (χ0) is 21.3. The van der Waals surface area contributed by atoms with Crippen molar-refractivity contribution in [1.29, 1.82) is 0 Å². The van der Waals surface area contributed by atoms with E-state index in [0.717, 1.165) is 18.2 Å². The molecule has 1 fully saturated rings. The summed E-state index contributed by atoms with van der Waals surface area (Å²) in [5.74, 6) is 0. The topological polar surface area (TPSA) is 43.4 Å². The lowest BCUT2D eigenvalue weighted by Crippen LogP contribution is -2.41. The third kappa shape index (κ3) is 4.93. The molecule has 0 amide bonds. The number of rotatable bonds is 6. The van der Waals surface area contributed by atoms with Crippen LogP contribution in [-0.4, -0.2) is 29.8 Å². The van der Waals surface area contributed by atoms with Crippen LogP contribution in [0.2, 0.25) is 0 Å². The molecule has 3 rings (SSSR count). The highest BCUT2D eigenvalue weighted by molar-refractivity contribution is 6.62. The van der Waals surface area contributed by atoms with E-state index in [1.165, 1.54) is 6.20 Å². The summed E-state index contributed by atoms with van der Waals surface area (Å²) in [5.41, 5.74) is -0.105. The number of nitrogens with one attached hydrogen (secondary N) is 1. The fraction of sp³-hybridized carbons (Fsp3) is 0.476. The summed E-state index contributed by atoms with van der Waals surface area (Å²) in [6, 6.07) is 10.8. The Morgan fingerprint density at radius 1 is 1.03 bits per heavy atom. The highest BCUT2D eigenvalue weighted by Gasteiger charge is 2.52. The van der Waals surface area contributed by atoms with Crippen LogP contribution in [0.25, 0.3) is 0 Å². The SMILES string of the molecule is CC1(C)OB(c2cc(C(F)(F)F)ncc2CCCNc2ccccc2)OC1(C)C. The van der Waals surface area contributed by atoms with E-state index >= 15 is 0 Å². The molecule has 8 heteroatoms. The van der Waals surface area contributed by atoms with Crippen LogP contribution in [0, 0.1) is 0 Å². The molecule has 1 N–H and O–H groups in total. The normalized spacial score (nSPS) is 18.1. The Balaban J connectivity index is 1.77. The number of hydrogen-bond acceptors (Lipinski definition) is 4. The minimum absolute atomic E-state index is 0.394. The number of aryl methyl sites for hydroxylation is 1. The lowest BCUT2D eigenvalue weighted by Gasteiger charge is -2.32. The smallest absolute Gasteiger partial charge is 0.399 e. The van der Waals surface area contributed by atoms with Crippen LogP contribution >= 0.6 is 0 Å². The number of alkyl halides is 3. The fourth-order valence-corrected chi connectivity index (χ4v) is 3.12. The second-order valence-corrected chi connectivity index (χ2v) is 8.25. The zero-order valence-corrected chi connectivity index (χ0v) is 17.1. The van der Waals surface area contributed by atoms with Gasteiger partial charge in [-0.3, -0.25) is 4.98 Å². The van der Waals surface area contributed by atoms with E-state index in [1.807, 2.05) is 58.0 Å². The molecular weight excluding hydrogens is 380 g/mol. The fourth-order valence-electron chi connectivity index (χ4n) is 3.12. The van der Waals surface area contributed by atoms with E-state index in [-0.39, 0.29) is 0 Å². The minimum Gasteiger partial charge on any atom is -0.399 e.